The zero-order valence-electron chi connectivity index (χ0n) is 15.6. The van der Waals surface area contributed by atoms with Crippen LogP contribution in [-0.2, 0) is 9.59 Å². The summed E-state index contributed by atoms with van der Waals surface area (Å²) in [5.74, 6) is -0.374. The molecule has 7 nitrogen and oxygen atoms in total. The van der Waals surface area contributed by atoms with Crippen LogP contribution in [0.25, 0.3) is 0 Å². The Kier molecular flexibility index (Phi) is 5.28. The van der Waals surface area contributed by atoms with Gasteiger partial charge in [-0.3, -0.25) is 9.59 Å². The molecule has 0 saturated heterocycles. The summed E-state index contributed by atoms with van der Waals surface area (Å²) in [5, 5.41) is 21.6. The molecule has 1 aliphatic rings. The third-order valence-electron chi connectivity index (χ3n) is 4.66. The predicted octanol–water partition coefficient (Wildman–Crippen LogP) is 2.63. The number of amides is 2. The van der Waals surface area contributed by atoms with E-state index in [-0.39, 0.29) is 30.8 Å². The first-order valence-corrected chi connectivity index (χ1v) is 8.81. The Hall–Kier alpha value is -3.84. The van der Waals surface area contributed by atoms with Crippen LogP contribution in [0.15, 0.2) is 42.5 Å². The molecule has 0 saturated carbocycles. The quantitative estimate of drug-likeness (QED) is 0.891. The number of para-hydroxylation sites is 3. The van der Waals surface area contributed by atoms with Crippen molar-refractivity contribution in [1.29, 1.82) is 10.5 Å². The smallest absolute Gasteiger partial charge is 0.246 e. The monoisotopic (exact) mass is 373 g/mol. The molecule has 1 N–H and O–H groups in total. The summed E-state index contributed by atoms with van der Waals surface area (Å²) in [6.45, 7) is 1.78. The number of nitriles is 2. The Labute approximate surface area is 163 Å². The summed E-state index contributed by atoms with van der Waals surface area (Å²) in [4.78, 5) is 28.5. The molecule has 2 aromatic carbocycles. The first-order chi connectivity index (χ1) is 13.5. The number of nitrogens with zero attached hydrogens (tertiary/aromatic N) is 4. The van der Waals surface area contributed by atoms with Crippen molar-refractivity contribution in [3.05, 3.63) is 53.6 Å². The van der Waals surface area contributed by atoms with Crippen LogP contribution in [0.4, 0.5) is 17.1 Å². The van der Waals surface area contributed by atoms with Crippen LogP contribution in [0.5, 0.6) is 0 Å². The van der Waals surface area contributed by atoms with E-state index in [9.17, 15) is 20.1 Å². The molecule has 1 unspecified atom stereocenters. The second-order valence-electron chi connectivity index (χ2n) is 6.66. The maximum Gasteiger partial charge on any atom is 0.246 e. The molecule has 0 radical (unpaired) electrons. The molecule has 2 amide bonds. The van der Waals surface area contributed by atoms with Crippen molar-refractivity contribution in [2.45, 2.75) is 19.4 Å². The van der Waals surface area contributed by atoms with Gasteiger partial charge in [0.1, 0.15) is 12.1 Å². The van der Waals surface area contributed by atoms with Crippen LogP contribution < -0.4 is 15.1 Å². The van der Waals surface area contributed by atoms with E-state index in [2.05, 4.69) is 17.5 Å². The largest absolute Gasteiger partial charge is 0.363 e. The highest BCUT2D eigenvalue weighted by atomic mass is 16.2. The molecule has 0 spiro atoms. The molecular formula is C21H19N5O2. The van der Waals surface area contributed by atoms with E-state index in [0.717, 1.165) is 0 Å². The number of nitrogens with one attached hydrogen (secondary N) is 1. The molecule has 28 heavy (non-hydrogen) atoms. The molecule has 2 aromatic rings. The molecule has 0 bridgehead atoms. The van der Waals surface area contributed by atoms with Crippen LogP contribution in [0.2, 0.25) is 0 Å². The van der Waals surface area contributed by atoms with Crippen molar-refractivity contribution in [2.24, 2.45) is 0 Å². The van der Waals surface area contributed by atoms with E-state index in [4.69, 9.17) is 0 Å². The highest BCUT2D eigenvalue weighted by Gasteiger charge is 2.30. The minimum atomic E-state index is -0.328. The zero-order valence-corrected chi connectivity index (χ0v) is 15.6. The van der Waals surface area contributed by atoms with Crippen LogP contribution in [0.3, 0.4) is 0 Å². The van der Waals surface area contributed by atoms with Crippen LogP contribution in [0.1, 0.15) is 24.5 Å². The number of anilines is 3. The van der Waals surface area contributed by atoms with Gasteiger partial charge >= 0.3 is 0 Å². The minimum Gasteiger partial charge on any atom is -0.363 e. The summed E-state index contributed by atoms with van der Waals surface area (Å²) < 4.78 is 0. The Bertz CT molecular complexity index is 986. The number of rotatable bonds is 3. The molecule has 7 heteroatoms. The van der Waals surface area contributed by atoms with Crippen molar-refractivity contribution in [3.63, 3.8) is 0 Å². The van der Waals surface area contributed by atoms with Gasteiger partial charge < -0.3 is 15.1 Å². The first-order valence-electron chi connectivity index (χ1n) is 8.81. The summed E-state index contributed by atoms with van der Waals surface area (Å²) in [6, 6.07) is 15.8. The molecule has 1 atom stereocenters. The SMILES string of the molecule is CC1CC(=O)Nc2ccccc2N1C(=O)CN(C)c1c(C#N)cccc1C#N. The number of benzene rings is 2. The molecule has 0 fully saturated rings. The fourth-order valence-electron chi connectivity index (χ4n) is 3.46. The van der Waals surface area contributed by atoms with Gasteiger partial charge in [0.15, 0.2) is 0 Å². The number of fused-ring (bicyclic) bond motifs is 1. The lowest BCUT2D eigenvalue weighted by atomic mass is 10.1. The molecule has 0 aromatic heterocycles. The molecule has 140 valence electrons. The van der Waals surface area contributed by atoms with Gasteiger partial charge in [-0.05, 0) is 31.2 Å². The lowest BCUT2D eigenvalue weighted by Gasteiger charge is -2.30. The van der Waals surface area contributed by atoms with Crippen LogP contribution in [0, 0.1) is 22.7 Å². The highest BCUT2D eigenvalue weighted by molar-refractivity contribution is 6.05. The fraction of sp³-hybridized carbons (Fsp3) is 0.238. The van der Waals surface area contributed by atoms with E-state index in [1.54, 1.807) is 53.2 Å². The average Bonchev–Trinajstić information content (AvgIpc) is 2.81. The lowest BCUT2D eigenvalue weighted by Crippen LogP contribution is -2.44. The maximum absolute atomic E-state index is 13.2. The van der Waals surface area contributed by atoms with Crippen LogP contribution in [-0.4, -0.2) is 31.4 Å². The number of hydrogen-bond acceptors (Lipinski definition) is 5. The van der Waals surface area contributed by atoms with Gasteiger partial charge in [0, 0.05) is 19.5 Å². The van der Waals surface area contributed by atoms with E-state index in [1.807, 2.05) is 13.0 Å². The number of carbonyl (C=O) groups is 2. The predicted molar refractivity (Wildman–Crippen MR) is 106 cm³/mol. The topological polar surface area (TPSA) is 100 Å². The highest BCUT2D eigenvalue weighted by Crippen LogP contribution is 2.32. The normalized spacial score (nSPS) is 15.5. The Morgan fingerprint density at radius 3 is 2.46 bits per heavy atom. The van der Waals surface area contributed by atoms with Gasteiger partial charge in [-0.1, -0.05) is 18.2 Å². The van der Waals surface area contributed by atoms with Crippen molar-refractivity contribution >= 4 is 28.9 Å². The summed E-state index contributed by atoms with van der Waals surface area (Å²) >= 11 is 0. The molecule has 0 aliphatic carbocycles. The summed E-state index contributed by atoms with van der Waals surface area (Å²) in [6.07, 6.45) is 0.183. The number of likely N-dealkylation sites (N-methyl/N-ethyl adjacent to an activating group) is 1. The molecule has 1 heterocycles. The summed E-state index contributed by atoms with van der Waals surface area (Å²) in [7, 11) is 1.67. The average molecular weight is 373 g/mol. The van der Waals surface area contributed by atoms with Crippen molar-refractivity contribution in [3.8, 4) is 12.1 Å². The lowest BCUT2D eigenvalue weighted by molar-refractivity contribution is -0.118. The van der Waals surface area contributed by atoms with Gasteiger partial charge in [-0.2, -0.15) is 10.5 Å². The fourth-order valence-corrected chi connectivity index (χ4v) is 3.46. The maximum atomic E-state index is 13.2. The van der Waals surface area contributed by atoms with Crippen LogP contribution >= 0.6 is 0 Å². The first kappa shape index (κ1) is 18.9. The number of hydrogen-bond donors (Lipinski definition) is 1. The second-order valence-corrected chi connectivity index (χ2v) is 6.66. The minimum absolute atomic E-state index is 0.0414. The van der Waals surface area contributed by atoms with E-state index >= 15 is 0 Å². The van der Waals surface area contributed by atoms with Crippen molar-refractivity contribution in [1.82, 2.24) is 0 Å². The molecule has 3 rings (SSSR count). The van der Waals surface area contributed by atoms with Gasteiger partial charge in [0.2, 0.25) is 11.8 Å². The zero-order chi connectivity index (χ0) is 20.3. The van der Waals surface area contributed by atoms with Crippen molar-refractivity contribution < 1.29 is 9.59 Å². The van der Waals surface area contributed by atoms with Crippen molar-refractivity contribution in [2.75, 3.05) is 28.7 Å². The summed E-state index contributed by atoms with van der Waals surface area (Å²) in [5.41, 5.74) is 2.30. The van der Waals surface area contributed by atoms with E-state index in [1.165, 1.54) is 0 Å². The van der Waals surface area contributed by atoms with Gasteiger partial charge in [-0.25, -0.2) is 0 Å². The van der Waals surface area contributed by atoms with E-state index in [0.29, 0.717) is 28.2 Å². The Morgan fingerprint density at radius 1 is 1.18 bits per heavy atom. The third-order valence-corrected chi connectivity index (χ3v) is 4.66. The van der Waals surface area contributed by atoms with Gasteiger partial charge in [-0.15, -0.1) is 0 Å². The van der Waals surface area contributed by atoms with Gasteiger partial charge in [0.05, 0.1) is 34.7 Å². The second kappa shape index (κ2) is 7.81. The molecular weight excluding hydrogens is 354 g/mol. The Balaban J connectivity index is 1.94. The van der Waals surface area contributed by atoms with E-state index < -0.39 is 0 Å². The molecule has 1 aliphatic heterocycles. The third kappa shape index (κ3) is 3.51. The Morgan fingerprint density at radius 2 is 1.82 bits per heavy atom. The number of carbonyl (C=O) groups excluding carboxylic acids is 2. The standard InChI is InChI=1S/C21H19N5O2/c1-14-10-19(27)24-17-8-3-4-9-18(17)26(14)20(28)13-25(2)21-15(11-22)6-5-7-16(21)12-23/h3-9,14H,10,13H2,1-2H3,(H,24,27). The van der Waals surface area contributed by atoms with Gasteiger partial charge in [0.25, 0.3) is 0 Å².